The van der Waals surface area contributed by atoms with Crippen LogP contribution in [0.2, 0.25) is 0 Å². The zero-order valence-corrected chi connectivity index (χ0v) is 11.5. The molecule has 1 aliphatic carbocycles. The fourth-order valence-electron chi connectivity index (χ4n) is 2.96. The van der Waals surface area contributed by atoms with Gasteiger partial charge in [0.2, 0.25) is 0 Å². The van der Waals surface area contributed by atoms with Crippen LogP contribution in [0, 0.1) is 5.92 Å². The first-order valence-electron chi connectivity index (χ1n) is 6.95. The SMILES string of the molecule is NC(=NO)C1CCCC1NC(=O)c1coc2ccccc12. The lowest BCUT2D eigenvalue weighted by molar-refractivity contribution is 0.0934. The molecule has 2 atom stereocenters. The molecular weight excluding hydrogens is 270 g/mol. The largest absolute Gasteiger partial charge is 0.463 e. The highest BCUT2D eigenvalue weighted by Gasteiger charge is 2.32. The molecule has 6 nitrogen and oxygen atoms in total. The highest BCUT2D eigenvalue weighted by atomic mass is 16.4. The van der Waals surface area contributed by atoms with Gasteiger partial charge in [-0.15, -0.1) is 0 Å². The quantitative estimate of drug-likeness (QED) is 0.348. The average Bonchev–Trinajstić information content (AvgIpc) is 3.12. The van der Waals surface area contributed by atoms with Gasteiger partial charge in [-0.2, -0.15) is 0 Å². The molecule has 1 saturated carbocycles. The summed E-state index contributed by atoms with van der Waals surface area (Å²) in [7, 11) is 0. The Morgan fingerprint density at radius 1 is 1.38 bits per heavy atom. The number of carbonyl (C=O) groups excluding carboxylic acids is 1. The van der Waals surface area contributed by atoms with Crippen molar-refractivity contribution in [2.24, 2.45) is 16.8 Å². The second kappa shape index (κ2) is 5.47. The maximum Gasteiger partial charge on any atom is 0.255 e. The monoisotopic (exact) mass is 287 g/mol. The third-order valence-electron chi connectivity index (χ3n) is 4.05. The summed E-state index contributed by atoms with van der Waals surface area (Å²) in [5.74, 6) is -0.130. The summed E-state index contributed by atoms with van der Waals surface area (Å²) in [4.78, 5) is 12.4. The second-order valence-electron chi connectivity index (χ2n) is 5.29. The fourth-order valence-corrected chi connectivity index (χ4v) is 2.96. The van der Waals surface area contributed by atoms with E-state index in [-0.39, 0.29) is 23.7 Å². The van der Waals surface area contributed by atoms with E-state index < -0.39 is 0 Å². The van der Waals surface area contributed by atoms with Crippen molar-refractivity contribution in [1.29, 1.82) is 0 Å². The lowest BCUT2D eigenvalue weighted by Crippen LogP contribution is -2.42. The minimum atomic E-state index is -0.192. The number of carbonyl (C=O) groups is 1. The predicted molar refractivity (Wildman–Crippen MR) is 78.2 cm³/mol. The normalized spacial score (nSPS) is 22.6. The average molecular weight is 287 g/mol. The number of nitrogens with two attached hydrogens (primary N) is 1. The highest BCUT2D eigenvalue weighted by molar-refractivity contribution is 6.06. The van der Waals surface area contributed by atoms with Crippen LogP contribution in [0.15, 0.2) is 40.1 Å². The van der Waals surface area contributed by atoms with Crippen molar-refractivity contribution < 1.29 is 14.4 Å². The van der Waals surface area contributed by atoms with E-state index in [1.54, 1.807) is 0 Å². The summed E-state index contributed by atoms with van der Waals surface area (Å²) < 4.78 is 5.38. The number of para-hydroxylation sites is 1. The van der Waals surface area contributed by atoms with Crippen LogP contribution in [0.5, 0.6) is 0 Å². The molecule has 0 saturated heterocycles. The molecule has 0 spiro atoms. The summed E-state index contributed by atoms with van der Waals surface area (Å²) in [5.41, 5.74) is 6.88. The van der Waals surface area contributed by atoms with Gasteiger partial charge < -0.3 is 20.7 Å². The Bertz CT molecular complexity index is 692. The van der Waals surface area contributed by atoms with Gasteiger partial charge in [0.1, 0.15) is 17.7 Å². The summed E-state index contributed by atoms with van der Waals surface area (Å²) >= 11 is 0. The molecular formula is C15H17N3O3. The van der Waals surface area contributed by atoms with Crippen molar-refractivity contribution in [2.75, 3.05) is 0 Å². The number of amidine groups is 1. The van der Waals surface area contributed by atoms with Crippen LogP contribution in [0.1, 0.15) is 29.6 Å². The number of rotatable bonds is 3. The molecule has 0 bridgehead atoms. The summed E-state index contributed by atoms with van der Waals surface area (Å²) in [6.45, 7) is 0. The van der Waals surface area contributed by atoms with Crippen LogP contribution in [-0.2, 0) is 0 Å². The van der Waals surface area contributed by atoms with E-state index in [1.165, 1.54) is 6.26 Å². The molecule has 4 N–H and O–H groups in total. The zero-order chi connectivity index (χ0) is 14.8. The van der Waals surface area contributed by atoms with Crippen molar-refractivity contribution >= 4 is 22.7 Å². The molecule has 1 amide bonds. The Morgan fingerprint density at radius 3 is 3.00 bits per heavy atom. The van der Waals surface area contributed by atoms with Crippen molar-refractivity contribution in [3.05, 3.63) is 36.1 Å². The highest BCUT2D eigenvalue weighted by Crippen LogP contribution is 2.27. The molecule has 2 aromatic rings. The molecule has 21 heavy (non-hydrogen) atoms. The number of fused-ring (bicyclic) bond motifs is 1. The molecule has 1 aromatic heterocycles. The predicted octanol–water partition coefficient (Wildman–Crippen LogP) is 2.08. The van der Waals surface area contributed by atoms with Crippen molar-refractivity contribution in [1.82, 2.24) is 5.32 Å². The topological polar surface area (TPSA) is 101 Å². The van der Waals surface area contributed by atoms with Crippen LogP contribution < -0.4 is 11.1 Å². The molecule has 1 heterocycles. The molecule has 1 aliphatic rings. The molecule has 0 radical (unpaired) electrons. The Kier molecular flexibility index (Phi) is 3.51. The second-order valence-corrected chi connectivity index (χ2v) is 5.29. The molecule has 0 aliphatic heterocycles. The molecule has 6 heteroatoms. The van der Waals surface area contributed by atoms with Gasteiger partial charge in [0.05, 0.1) is 5.56 Å². The van der Waals surface area contributed by atoms with E-state index in [4.69, 9.17) is 15.4 Å². The molecule has 3 rings (SSSR count). The number of nitrogens with zero attached hydrogens (tertiary/aromatic N) is 1. The number of furan rings is 1. The van der Waals surface area contributed by atoms with Crippen LogP contribution in [-0.4, -0.2) is 23.0 Å². The van der Waals surface area contributed by atoms with Gasteiger partial charge in [0.15, 0.2) is 0 Å². The smallest absolute Gasteiger partial charge is 0.255 e. The maximum absolute atomic E-state index is 12.4. The summed E-state index contributed by atoms with van der Waals surface area (Å²) in [6.07, 6.45) is 4.04. The standard InChI is InChI=1S/C15H17N3O3/c16-14(18-20)10-5-3-6-12(10)17-15(19)11-8-21-13-7-2-1-4-9(11)13/h1-2,4,7-8,10,12,20H,3,5-6H2,(H2,16,18)(H,17,19). The van der Waals surface area contributed by atoms with Gasteiger partial charge in [-0.05, 0) is 18.9 Å². The number of hydrogen-bond donors (Lipinski definition) is 3. The first-order chi connectivity index (χ1) is 10.2. The minimum absolute atomic E-state index is 0.109. The van der Waals surface area contributed by atoms with Crippen LogP contribution in [0.25, 0.3) is 11.0 Å². The van der Waals surface area contributed by atoms with E-state index in [0.717, 1.165) is 24.6 Å². The minimum Gasteiger partial charge on any atom is -0.463 e. The lowest BCUT2D eigenvalue weighted by Gasteiger charge is -2.19. The number of benzene rings is 1. The Labute approximate surface area is 121 Å². The lowest BCUT2D eigenvalue weighted by atomic mass is 10.0. The summed E-state index contributed by atoms with van der Waals surface area (Å²) in [5, 5.41) is 15.6. The van der Waals surface area contributed by atoms with Crippen molar-refractivity contribution in [3.63, 3.8) is 0 Å². The van der Waals surface area contributed by atoms with Crippen molar-refractivity contribution in [2.45, 2.75) is 25.3 Å². The first-order valence-corrected chi connectivity index (χ1v) is 6.95. The summed E-state index contributed by atoms with van der Waals surface area (Å²) in [6, 6.07) is 7.29. The van der Waals surface area contributed by atoms with E-state index in [2.05, 4.69) is 10.5 Å². The Balaban J connectivity index is 1.80. The van der Waals surface area contributed by atoms with Gasteiger partial charge >= 0.3 is 0 Å². The van der Waals surface area contributed by atoms with Gasteiger partial charge in [0, 0.05) is 17.3 Å². The first kappa shape index (κ1) is 13.5. The number of oxime groups is 1. The van der Waals surface area contributed by atoms with Crippen molar-refractivity contribution in [3.8, 4) is 0 Å². The van der Waals surface area contributed by atoms with E-state index in [0.29, 0.717) is 11.1 Å². The molecule has 1 fully saturated rings. The van der Waals surface area contributed by atoms with Gasteiger partial charge in [-0.3, -0.25) is 4.79 Å². The molecule has 110 valence electrons. The fraction of sp³-hybridized carbons (Fsp3) is 0.333. The third-order valence-corrected chi connectivity index (χ3v) is 4.05. The van der Waals surface area contributed by atoms with E-state index >= 15 is 0 Å². The van der Waals surface area contributed by atoms with Crippen LogP contribution in [0.3, 0.4) is 0 Å². The van der Waals surface area contributed by atoms with Crippen LogP contribution >= 0.6 is 0 Å². The zero-order valence-electron chi connectivity index (χ0n) is 11.5. The van der Waals surface area contributed by atoms with Gasteiger partial charge in [0.25, 0.3) is 5.91 Å². The van der Waals surface area contributed by atoms with E-state index in [9.17, 15) is 4.79 Å². The Hall–Kier alpha value is -2.50. The maximum atomic E-state index is 12.4. The number of hydrogen-bond acceptors (Lipinski definition) is 4. The Morgan fingerprint density at radius 2 is 2.19 bits per heavy atom. The van der Waals surface area contributed by atoms with Gasteiger partial charge in [-0.1, -0.05) is 29.8 Å². The number of amides is 1. The molecule has 2 unspecified atom stereocenters. The molecule has 1 aromatic carbocycles. The van der Waals surface area contributed by atoms with Crippen LogP contribution in [0.4, 0.5) is 0 Å². The third kappa shape index (κ3) is 2.44. The van der Waals surface area contributed by atoms with Gasteiger partial charge in [-0.25, -0.2) is 0 Å². The van der Waals surface area contributed by atoms with E-state index in [1.807, 2.05) is 24.3 Å². The number of nitrogens with one attached hydrogen (secondary N) is 1.